The van der Waals surface area contributed by atoms with Gasteiger partial charge in [-0.25, -0.2) is 0 Å². The molecule has 3 rings (SSSR count). The number of aryl methyl sites for hydroxylation is 1. The van der Waals surface area contributed by atoms with Crippen LogP contribution in [0.5, 0.6) is 0 Å². The number of hydrogen-bond donors (Lipinski definition) is 1. The molecule has 1 aliphatic rings. The van der Waals surface area contributed by atoms with Crippen molar-refractivity contribution in [3.63, 3.8) is 0 Å². The molecule has 96 valence electrons. The third-order valence-electron chi connectivity index (χ3n) is 4.36. The maximum atomic E-state index is 12.7. The number of nitrogen functional groups attached to an aromatic ring is 1. The van der Waals surface area contributed by atoms with Gasteiger partial charge in [0.2, 0.25) is 0 Å². The summed E-state index contributed by atoms with van der Waals surface area (Å²) in [7, 11) is 0.841. The zero-order valence-electron chi connectivity index (χ0n) is 11.7. The Morgan fingerprint density at radius 1 is 1.00 bits per heavy atom. The molecule has 0 spiro atoms. The van der Waals surface area contributed by atoms with Crippen LogP contribution in [-0.2, 0) is 0 Å². The summed E-state index contributed by atoms with van der Waals surface area (Å²) in [5.74, 6) is 0.171. The first-order valence-electron chi connectivity index (χ1n) is 6.49. The van der Waals surface area contributed by atoms with E-state index in [9.17, 15) is 4.79 Å². The first-order valence-corrected chi connectivity index (χ1v) is 7.49. The fourth-order valence-electron chi connectivity index (χ4n) is 3.10. The molecular weight excluding hydrogens is 250 g/mol. The van der Waals surface area contributed by atoms with Crippen LogP contribution in [0.2, 0.25) is 0 Å². The highest BCUT2D eigenvalue weighted by molar-refractivity contribution is 6.42. The number of carbonyl (C=O) groups is 1. The molecule has 0 amide bonds. The van der Waals surface area contributed by atoms with Crippen molar-refractivity contribution < 1.29 is 4.79 Å². The van der Waals surface area contributed by atoms with Crippen LogP contribution in [0.3, 0.4) is 0 Å². The Morgan fingerprint density at radius 2 is 1.68 bits per heavy atom. The smallest absolute Gasteiger partial charge is 0.194 e. The number of nitrogens with two attached hydrogens (primary N) is 1. The second kappa shape index (κ2) is 3.81. The third kappa shape index (κ3) is 1.39. The Balaban J connectivity index is 2.54. The van der Waals surface area contributed by atoms with Gasteiger partial charge in [0.25, 0.3) is 0 Å². The van der Waals surface area contributed by atoms with E-state index >= 15 is 0 Å². The molecule has 0 bridgehead atoms. The summed E-state index contributed by atoms with van der Waals surface area (Å²) in [6.07, 6.45) is 0. The van der Waals surface area contributed by atoms with Gasteiger partial charge in [0.15, 0.2) is 5.78 Å². The van der Waals surface area contributed by atoms with E-state index in [-0.39, 0.29) is 5.78 Å². The van der Waals surface area contributed by atoms with Crippen molar-refractivity contribution >= 4 is 26.9 Å². The van der Waals surface area contributed by atoms with Crippen LogP contribution in [0.25, 0.3) is 11.1 Å². The van der Waals surface area contributed by atoms with E-state index in [1.54, 1.807) is 0 Å². The van der Waals surface area contributed by atoms with Gasteiger partial charge >= 0.3 is 0 Å². The van der Waals surface area contributed by atoms with Crippen molar-refractivity contribution in [3.8, 4) is 11.1 Å². The van der Waals surface area contributed by atoms with Crippen LogP contribution in [-0.4, -0.2) is 16.0 Å². The number of anilines is 1. The lowest BCUT2D eigenvalue weighted by Gasteiger charge is -2.15. The number of rotatable bonds is 0. The summed E-state index contributed by atoms with van der Waals surface area (Å²) in [6, 6.07) is 5.94. The minimum absolute atomic E-state index is 0.171. The van der Waals surface area contributed by atoms with Gasteiger partial charge in [0.05, 0.1) is 0 Å². The molecule has 0 aliphatic heterocycles. The monoisotopic (exact) mass is 267 g/mol. The Hall–Kier alpha value is -1.87. The molecule has 2 N–H and O–H groups in total. The van der Waals surface area contributed by atoms with Gasteiger partial charge in [-0.1, -0.05) is 23.4 Å². The first kappa shape index (κ1) is 12.2. The van der Waals surface area contributed by atoms with Crippen molar-refractivity contribution in [2.75, 3.05) is 5.73 Å². The second-order valence-corrected chi connectivity index (χ2v) is 6.37. The summed E-state index contributed by atoms with van der Waals surface area (Å²) in [4.78, 5) is 12.7. The van der Waals surface area contributed by atoms with Crippen molar-refractivity contribution in [1.82, 2.24) is 0 Å². The molecule has 2 nitrogen and oxygen atoms in total. The van der Waals surface area contributed by atoms with E-state index in [0.29, 0.717) is 0 Å². The number of benzene rings is 2. The van der Waals surface area contributed by atoms with Gasteiger partial charge in [-0.3, -0.25) is 4.79 Å². The van der Waals surface area contributed by atoms with Crippen LogP contribution >= 0.6 is 0 Å². The average molecular weight is 267 g/mol. The Bertz CT molecular complexity index is 747. The van der Waals surface area contributed by atoms with E-state index in [0.717, 1.165) is 60.1 Å². The van der Waals surface area contributed by atoms with Crippen molar-refractivity contribution in [2.24, 2.45) is 0 Å². The zero-order chi connectivity index (χ0) is 13.9. The van der Waals surface area contributed by atoms with Gasteiger partial charge in [-0.05, 0) is 48.6 Å². The van der Waals surface area contributed by atoms with Crippen LogP contribution in [0.15, 0.2) is 18.2 Å². The molecule has 1 aliphatic carbocycles. The van der Waals surface area contributed by atoms with E-state index in [1.807, 2.05) is 26.0 Å². The standard InChI is InChI=1S/C16H17NOSi/c1-7-5-4-6-10-11(7)12-8(2)14(17)9(3)16(19)13(12)15(10)18/h4-6H,17H2,1-3,19H3. The van der Waals surface area contributed by atoms with Crippen LogP contribution in [0.1, 0.15) is 32.6 Å². The molecule has 0 atom stereocenters. The van der Waals surface area contributed by atoms with E-state index < -0.39 is 0 Å². The fraction of sp³-hybridized carbons (Fsp3) is 0.188. The highest BCUT2D eigenvalue weighted by Gasteiger charge is 2.32. The lowest BCUT2D eigenvalue weighted by molar-refractivity contribution is 0.104. The Morgan fingerprint density at radius 3 is 2.37 bits per heavy atom. The predicted molar refractivity (Wildman–Crippen MR) is 83.5 cm³/mol. The lowest BCUT2D eigenvalue weighted by atomic mass is 9.93. The highest BCUT2D eigenvalue weighted by Crippen LogP contribution is 2.42. The summed E-state index contributed by atoms with van der Waals surface area (Å²) in [6.45, 7) is 6.11. The normalized spacial score (nSPS) is 12.7. The molecule has 19 heavy (non-hydrogen) atoms. The molecular formula is C16H17NOSi. The minimum atomic E-state index is 0.171. The molecule has 0 saturated heterocycles. The summed E-state index contributed by atoms with van der Waals surface area (Å²) < 4.78 is 0. The van der Waals surface area contributed by atoms with Gasteiger partial charge in [-0.15, -0.1) is 0 Å². The molecule has 0 saturated carbocycles. The molecule has 0 heterocycles. The number of hydrogen-bond acceptors (Lipinski definition) is 2. The fourth-order valence-corrected chi connectivity index (χ4v) is 3.85. The molecule has 0 radical (unpaired) electrons. The second-order valence-electron chi connectivity index (χ2n) is 5.37. The molecule has 2 aromatic rings. The van der Waals surface area contributed by atoms with Crippen molar-refractivity contribution in [3.05, 3.63) is 46.0 Å². The molecule has 0 fully saturated rings. The van der Waals surface area contributed by atoms with Crippen LogP contribution < -0.4 is 10.9 Å². The zero-order valence-corrected chi connectivity index (χ0v) is 13.7. The van der Waals surface area contributed by atoms with Gasteiger partial charge in [0, 0.05) is 27.1 Å². The number of fused-ring (bicyclic) bond motifs is 3. The number of carbonyl (C=O) groups excluding carboxylic acids is 1. The van der Waals surface area contributed by atoms with Gasteiger partial charge < -0.3 is 5.73 Å². The van der Waals surface area contributed by atoms with Crippen LogP contribution in [0, 0.1) is 20.8 Å². The van der Waals surface area contributed by atoms with Crippen molar-refractivity contribution in [2.45, 2.75) is 20.8 Å². The Labute approximate surface area is 116 Å². The summed E-state index contributed by atoms with van der Waals surface area (Å²) in [5.41, 5.74) is 14.2. The van der Waals surface area contributed by atoms with Crippen molar-refractivity contribution in [1.29, 1.82) is 0 Å². The van der Waals surface area contributed by atoms with Gasteiger partial charge in [-0.2, -0.15) is 0 Å². The van der Waals surface area contributed by atoms with E-state index in [1.165, 1.54) is 0 Å². The third-order valence-corrected chi connectivity index (χ3v) is 5.61. The quantitative estimate of drug-likeness (QED) is 0.494. The Kier molecular flexibility index (Phi) is 2.44. The maximum Gasteiger partial charge on any atom is 0.194 e. The molecule has 3 heteroatoms. The molecule has 2 aromatic carbocycles. The average Bonchev–Trinajstić information content (AvgIpc) is 2.69. The highest BCUT2D eigenvalue weighted by atomic mass is 28.1. The minimum Gasteiger partial charge on any atom is -0.398 e. The van der Waals surface area contributed by atoms with E-state index in [2.05, 4.69) is 13.0 Å². The maximum absolute atomic E-state index is 12.7. The SMILES string of the molecule is Cc1cccc2c1-c1c(C)c(N)c(C)c([SiH3])c1C2=O. The summed E-state index contributed by atoms with van der Waals surface area (Å²) >= 11 is 0. The topological polar surface area (TPSA) is 43.1 Å². The lowest BCUT2D eigenvalue weighted by Crippen LogP contribution is -2.20. The van der Waals surface area contributed by atoms with Gasteiger partial charge in [0.1, 0.15) is 0 Å². The molecule has 0 unspecified atom stereocenters. The first-order chi connectivity index (χ1) is 8.95. The molecule has 0 aromatic heterocycles. The summed E-state index contributed by atoms with van der Waals surface area (Å²) in [5, 5.41) is 1.15. The van der Waals surface area contributed by atoms with E-state index in [4.69, 9.17) is 5.73 Å². The van der Waals surface area contributed by atoms with Crippen LogP contribution in [0.4, 0.5) is 5.69 Å². The largest absolute Gasteiger partial charge is 0.398 e. The number of ketones is 1. The predicted octanol–water partition coefficient (Wildman–Crippen LogP) is 1.40.